The number of carbonyl (C=O) groups excluding carboxylic acids is 3. The smallest absolute Gasteiger partial charge is 0.329 e. The number of aromatic amines is 1. The zero-order valence-corrected chi connectivity index (χ0v) is 16.5. The number of carbonyl (C=O) groups is 3. The first-order valence-electron chi connectivity index (χ1n) is 9.67. The molecule has 8 nitrogen and oxygen atoms in total. The molecule has 0 aliphatic carbocycles. The van der Waals surface area contributed by atoms with Crippen LogP contribution in [-0.4, -0.2) is 42.5 Å². The number of methoxy groups -OCH3 is 1. The van der Waals surface area contributed by atoms with Gasteiger partial charge in [0.25, 0.3) is 5.91 Å². The molecule has 8 heteroatoms. The van der Waals surface area contributed by atoms with Gasteiger partial charge in [-0.1, -0.05) is 18.2 Å². The number of H-pyrrole nitrogens is 1. The van der Waals surface area contributed by atoms with Crippen LogP contribution in [0.25, 0.3) is 10.9 Å². The Morgan fingerprint density at radius 2 is 1.90 bits per heavy atom. The fraction of sp³-hybridized carbons (Fsp3) is 0.227. The number of nitrogens with one attached hydrogen (secondary N) is 3. The molecule has 1 aliphatic heterocycles. The number of ether oxygens (including phenoxy) is 1. The summed E-state index contributed by atoms with van der Waals surface area (Å²) in [5.74, 6) is -0.112. The number of aromatic nitrogens is 1. The van der Waals surface area contributed by atoms with E-state index in [1.165, 1.54) is 7.11 Å². The third kappa shape index (κ3) is 3.84. The predicted octanol–water partition coefficient (Wildman–Crippen LogP) is 2.35. The van der Waals surface area contributed by atoms with Crippen LogP contribution in [0.3, 0.4) is 0 Å². The lowest BCUT2D eigenvalue weighted by Crippen LogP contribution is -2.37. The molecular weight excluding hydrogens is 384 g/mol. The van der Waals surface area contributed by atoms with Crippen molar-refractivity contribution in [2.24, 2.45) is 0 Å². The van der Waals surface area contributed by atoms with Crippen molar-refractivity contribution >= 4 is 34.4 Å². The third-order valence-electron chi connectivity index (χ3n) is 5.13. The zero-order valence-electron chi connectivity index (χ0n) is 16.5. The van der Waals surface area contributed by atoms with E-state index in [4.69, 9.17) is 4.74 Å². The average Bonchev–Trinajstić information content (AvgIpc) is 3.29. The molecule has 3 N–H and O–H groups in total. The van der Waals surface area contributed by atoms with Gasteiger partial charge in [-0.05, 0) is 42.3 Å². The normalized spacial score (nSPS) is 16.0. The van der Waals surface area contributed by atoms with Gasteiger partial charge in [0.15, 0.2) is 0 Å². The van der Waals surface area contributed by atoms with Crippen LogP contribution >= 0.6 is 0 Å². The molecule has 154 valence electrons. The Bertz CT molecular complexity index is 1090. The minimum absolute atomic E-state index is 0.106. The molecule has 2 aromatic carbocycles. The SMILES string of the molecule is COc1ccc(N2C(=O)N[C@@H](CC(=O)NCCc3c[nH]c4ccccc34)C2=O)cc1. The predicted molar refractivity (Wildman–Crippen MR) is 112 cm³/mol. The van der Waals surface area contributed by atoms with Crippen LogP contribution in [0.15, 0.2) is 54.7 Å². The number of rotatable bonds is 7. The molecule has 30 heavy (non-hydrogen) atoms. The highest BCUT2D eigenvalue weighted by atomic mass is 16.5. The first-order valence-corrected chi connectivity index (χ1v) is 9.67. The molecular formula is C22H22N4O4. The lowest BCUT2D eigenvalue weighted by Gasteiger charge is -2.13. The highest BCUT2D eigenvalue weighted by Gasteiger charge is 2.40. The number of urea groups is 1. The first kappa shape index (κ1) is 19.5. The van der Waals surface area contributed by atoms with Crippen molar-refractivity contribution < 1.29 is 19.1 Å². The Labute approximate surface area is 173 Å². The molecule has 4 amide bonds. The number of amides is 4. The van der Waals surface area contributed by atoms with Gasteiger partial charge in [-0.2, -0.15) is 0 Å². The number of imide groups is 1. The lowest BCUT2D eigenvalue weighted by molar-refractivity contribution is -0.125. The van der Waals surface area contributed by atoms with Crippen molar-refractivity contribution in [2.75, 3.05) is 18.6 Å². The lowest BCUT2D eigenvalue weighted by atomic mass is 10.1. The molecule has 1 saturated heterocycles. The van der Waals surface area contributed by atoms with Crippen molar-refractivity contribution in [3.8, 4) is 5.75 Å². The largest absolute Gasteiger partial charge is 0.497 e. The summed E-state index contributed by atoms with van der Waals surface area (Å²) in [4.78, 5) is 41.5. The highest BCUT2D eigenvalue weighted by molar-refractivity contribution is 6.22. The van der Waals surface area contributed by atoms with Crippen molar-refractivity contribution in [2.45, 2.75) is 18.9 Å². The number of hydrogen-bond acceptors (Lipinski definition) is 4. The highest BCUT2D eigenvalue weighted by Crippen LogP contribution is 2.23. The number of nitrogens with zero attached hydrogens (tertiary/aromatic N) is 1. The van der Waals surface area contributed by atoms with Gasteiger partial charge in [-0.15, -0.1) is 0 Å². The van der Waals surface area contributed by atoms with Crippen LogP contribution in [0.1, 0.15) is 12.0 Å². The second kappa shape index (κ2) is 8.28. The van der Waals surface area contributed by atoms with E-state index in [0.717, 1.165) is 21.4 Å². The molecule has 0 radical (unpaired) electrons. The Morgan fingerprint density at radius 1 is 1.13 bits per heavy atom. The number of fused-ring (bicyclic) bond motifs is 1. The number of anilines is 1. The van der Waals surface area contributed by atoms with Crippen LogP contribution in [0, 0.1) is 0 Å². The van der Waals surface area contributed by atoms with Gasteiger partial charge in [-0.3, -0.25) is 9.59 Å². The van der Waals surface area contributed by atoms with Gasteiger partial charge in [0.1, 0.15) is 11.8 Å². The fourth-order valence-electron chi connectivity index (χ4n) is 3.58. The van der Waals surface area contributed by atoms with Crippen LogP contribution in [0.2, 0.25) is 0 Å². The molecule has 2 heterocycles. The molecule has 3 aromatic rings. The van der Waals surface area contributed by atoms with E-state index >= 15 is 0 Å². The summed E-state index contributed by atoms with van der Waals surface area (Å²) in [6.07, 6.45) is 2.49. The van der Waals surface area contributed by atoms with E-state index in [2.05, 4.69) is 15.6 Å². The maximum atomic E-state index is 12.6. The van der Waals surface area contributed by atoms with E-state index < -0.39 is 18.0 Å². The second-order valence-corrected chi connectivity index (χ2v) is 7.04. The molecule has 1 aliphatic rings. The van der Waals surface area contributed by atoms with E-state index in [1.807, 2.05) is 30.5 Å². The van der Waals surface area contributed by atoms with Gasteiger partial charge in [-0.25, -0.2) is 9.69 Å². The number of para-hydroxylation sites is 1. The summed E-state index contributed by atoms with van der Waals surface area (Å²) in [6.45, 7) is 0.442. The summed E-state index contributed by atoms with van der Waals surface area (Å²) in [6, 6.07) is 13.1. The van der Waals surface area contributed by atoms with Crippen LogP contribution < -0.4 is 20.3 Å². The molecule has 1 atom stereocenters. The quantitative estimate of drug-likeness (QED) is 0.524. The summed E-state index contributed by atoms with van der Waals surface area (Å²) < 4.78 is 5.09. The Morgan fingerprint density at radius 3 is 2.67 bits per heavy atom. The van der Waals surface area contributed by atoms with Crippen molar-refractivity contribution in [1.82, 2.24) is 15.6 Å². The van der Waals surface area contributed by atoms with E-state index in [-0.39, 0.29) is 12.3 Å². The van der Waals surface area contributed by atoms with Gasteiger partial charge >= 0.3 is 6.03 Å². The summed E-state index contributed by atoms with van der Waals surface area (Å²) >= 11 is 0. The minimum atomic E-state index is -0.882. The molecule has 1 aromatic heterocycles. The maximum absolute atomic E-state index is 12.6. The van der Waals surface area contributed by atoms with Crippen molar-refractivity contribution in [3.05, 3.63) is 60.3 Å². The standard InChI is InChI=1S/C22H22N4O4/c1-30-16-8-6-15(7-9-16)26-21(28)19(25-22(26)29)12-20(27)23-11-10-14-13-24-18-5-3-2-4-17(14)18/h2-9,13,19,24H,10-12H2,1H3,(H,23,27)(H,25,29)/t19-/m0/s1. The molecule has 0 saturated carbocycles. The minimum Gasteiger partial charge on any atom is -0.497 e. The molecule has 0 spiro atoms. The van der Waals surface area contributed by atoms with E-state index in [1.54, 1.807) is 24.3 Å². The molecule has 0 unspecified atom stereocenters. The van der Waals surface area contributed by atoms with Gasteiger partial charge < -0.3 is 20.4 Å². The Balaban J connectivity index is 1.32. The fourth-order valence-corrected chi connectivity index (χ4v) is 3.58. The number of benzene rings is 2. The van der Waals surface area contributed by atoms with Gasteiger partial charge in [0, 0.05) is 23.6 Å². The summed E-state index contributed by atoms with van der Waals surface area (Å²) in [5, 5.41) is 6.53. The summed E-state index contributed by atoms with van der Waals surface area (Å²) in [5.41, 5.74) is 2.60. The summed E-state index contributed by atoms with van der Waals surface area (Å²) in [7, 11) is 1.54. The van der Waals surface area contributed by atoms with Crippen LogP contribution in [-0.2, 0) is 16.0 Å². The Hall–Kier alpha value is -3.81. The maximum Gasteiger partial charge on any atom is 0.329 e. The average molecular weight is 406 g/mol. The Kier molecular flexibility index (Phi) is 5.38. The molecule has 0 bridgehead atoms. The number of hydrogen-bond donors (Lipinski definition) is 3. The molecule has 1 fully saturated rings. The van der Waals surface area contributed by atoms with Crippen molar-refractivity contribution in [1.29, 1.82) is 0 Å². The van der Waals surface area contributed by atoms with Crippen LogP contribution in [0.4, 0.5) is 10.5 Å². The second-order valence-electron chi connectivity index (χ2n) is 7.04. The van der Waals surface area contributed by atoms with E-state index in [9.17, 15) is 14.4 Å². The topological polar surface area (TPSA) is 104 Å². The van der Waals surface area contributed by atoms with Crippen LogP contribution in [0.5, 0.6) is 5.75 Å². The monoisotopic (exact) mass is 406 g/mol. The molecule has 4 rings (SSSR count). The third-order valence-corrected chi connectivity index (χ3v) is 5.13. The van der Waals surface area contributed by atoms with Crippen molar-refractivity contribution in [3.63, 3.8) is 0 Å². The zero-order chi connectivity index (χ0) is 21.1. The van der Waals surface area contributed by atoms with Gasteiger partial charge in [0.2, 0.25) is 5.91 Å². The first-order chi connectivity index (χ1) is 14.6. The van der Waals surface area contributed by atoms with Gasteiger partial charge in [0.05, 0.1) is 19.2 Å². The van der Waals surface area contributed by atoms with E-state index in [0.29, 0.717) is 24.4 Å².